The first kappa shape index (κ1) is 15.2. The quantitative estimate of drug-likeness (QED) is 0.579. The van der Waals surface area contributed by atoms with E-state index in [4.69, 9.17) is 0 Å². The topological polar surface area (TPSA) is 41.1 Å². The van der Waals surface area contributed by atoms with Crippen molar-refractivity contribution < 1.29 is 0 Å². The SMILES string of the molecule is CCc1c(NC)ncnc1SCCN(CC)CC. The molecule has 1 aromatic rings. The van der Waals surface area contributed by atoms with E-state index >= 15 is 0 Å². The molecule has 1 rings (SSSR count). The lowest BCUT2D eigenvalue weighted by Crippen LogP contribution is -2.25. The van der Waals surface area contributed by atoms with Crippen LogP contribution >= 0.6 is 11.8 Å². The van der Waals surface area contributed by atoms with Crippen molar-refractivity contribution in [2.24, 2.45) is 0 Å². The lowest BCUT2D eigenvalue weighted by Gasteiger charge is -2.17. The third kappa shape index (κ3) is 4.14. The molecule has 0 aliphatic carbocycles. The average Bonchev–Trinajstić information content (AvgIpc) is 2.43. The Labute approximate surface area is 115 Å². The second kappa shape index (κ2) is 8.32. The molecule has 0 aromatic carbocycles. The molecule has 0 spiro atoms. The summed E-state index contributed by atoms with van der Waals surface area (Å²) in [4.78, 5) is 11.1. The molecule has 0 bridgehead atoms. The molecule has 5 heteroatoms. The number of aromatic nitrogens is 2. The van der Waals surface area contributed by atoms with E-state index < -0.39 is 0 Å². The van der Waals surface area contributed by atoms with Crippen LogP contribution in [0.5, 0.6) is 0 Å². The summed E-state index contributed by atoms with van der Waals surface area (Å²) in [6.07, 6.45) is 2.61. The Hall–Kier alpha value is -0.810. The van der Waals surface area contributed by atoms with Crippen LogP contribution in [0.4, 0.5) is 5.82 Å². The van der Waals surface area contributed by atoms with Crippen LogP contribution in [-0.4, -0.2) is 47.3 Å². The number of thioether (sulfide) groups is 1. The summed E-state index contributed by atoms with van der Waals surface area (Å²) in [5, 5.41) is 4.25. The summed E-state index contributed by atoms with van der Waals surface area (Å²) in [7, 11) is 1.91. The highest BCUT2D eigenvalue weighted by Crippen LogP contribution is 2.24. The minimum atomic E-state index is 0.956. The second-order valence-corrected chi connectivity index (χ2v) is 5.07. The Bertz CT molecular complexity index is 353. The van der Waals surface area contributed by atoms with Gasteiger partial charge < -0.3 is 10.2 Å². The van der Waals surface area contributed by atoms with Crippen molar-refractivity contribution in [3.63, 3.8) is 0 Å². The van der Waals surface area contributed by atoms with E-state index in [0.717, 1.165) is 42.7 Å². The van der Waals surface area contributed by atoms with Gasteiger partial charge in [0.25, 0.3) is 0 Å². The molecule has 1 heterocycles. The smallest absolute Gasteiger partial charge is 0.133 e. The highest BCUT2D eigenvalue weighted by molar-refractivity contribution is 7.99. The molecule has 4 nitrogen and oxygen atoms in total. The van der Waals surface area contributed by atoms with Gasteiger partial charge in [0.2, 0.25) is 0 Å². The lowest BCUT2D eigenvalue weighted by atomic mass is 10.2. The molecule has 102 valence electrons. The molecule has 0 unspecified atom stereocenters. The van der Waals surface area contributed by atoms with Crippen molar-refractivity contribution in [2.45, 2.75) is 32.2 Å². The molecule has 0 saturated heterocycles. The fraction of sp³-hybridized carbons (Fsp3) is 0.692. The van der Waals surface area contributed by atoms with Gasteiger partial charge >= 0.3 is 0 Å². The number of hydrogen-bond donors (Lipinski definition) is 1. The Morgan fingerprint density at radius 3 is 2.50 bits per heavy atom. The van der Waals surface area contributed by atoms with Gasteiger partial charge in [0.05, 0.1) is 0 Å². The van der Waals surface area contributed by atoms with Crippen LogP contribution in [0.25, 0.3) is 0 Å². The second-order valence-electron chi connectivity index (χ2n) is 3.98. The average molecular weight is 268 g/mol. The molecule has 0 saturated carbocycles. The highest BCUT2D eigenvalue weighted by Gasteiger charge is 2.09. The summed E-state index contributed by atoms with van der Waals surface area (Å²) in [5.41, 5.74) is 1.23. The van der Waals surface area contributed by atoms with Gasteiger partial charge in [-0.05, 0) is 19.5 Å². The first-order chi connectivity index (χ1) is 8.76. The third-order valence-corrected chi connectivity index (χ3v) is 4.05. The first-order valence-corrected chi connectivity index (χ1v) is 7.62. The van der Waals surface area contributed by atoms with E-state index in [1.807, 2.05) is 18.8 Å². The fourth-order valence-electron chi connectivity index (χ4n) is 1.87. The molecule has 1 N–H and O–H groups in total. The molecule has 0 aliphatic rings. The van der Waals surface area contributed by atoms with Crippen molar-refractivity contribution in [1.82, 2.24) is 14.9 Å². The predicted molar refractivity (Wildman–Crippen MR) is 79.5 cm³/mol. The molecule has 1 aromatic heterocycles. The van der Waals surface area contributed by atoms with Crippen molar-refractivity contribution in [3.05, 3.63) is 11.9 Å². The summed E-state index contributed by atoms with van der Waals surface area (Å²) in [6.45, 7) is 9.89. The van der Waals surface area contributed by atoms with Crippen LogP contribution in [-0.2, 0) is 6.42 Å². The van der Waals surface area contributed by atoms with Crippen LogP contribution in [0.3, 0.4) is 0 Å². The zero-order valence-corrected chi connectivity index (χ0v) is 12.7. The van der Waals surface area contributed by atoms with E-state index in [0.29, 0.717) is 0 Å². The zero-order chi connectivity index (χ0) is 13.4. The molecule has 18 heavy (non-hydrogen) atoms. The molecule has 0 radical (unpaired) electrons. The third-order valence-electron chi connectivity index (χ3n) is 3.04. The molecule has 0 fully saturated rings. The Morgan fingerprint density at radius 1 is 1.22 bits per heavy atom. The van der Waals surface area contributed by atoms with E-state index in [-0.39, 0.29) is 0 Å². The summed E-state index contributed by atoms with van der Waals surface area (Å²) in [6, 6.07) is 0. The van der Waals surface area contributed by atoms with E-state index in [1.54, 1.807) is 6.33 Å². The van der Waals surface area contributed by atoms with Gasteiger partial charge in [-0.1, -0.05) is 20.8 Å². The van der Waals surface area contributed by atoms with Gasteiger partial charge in [-0.15, -0.1) is 11.8 Å². The van der Waals surface area contributed by atoms with Crippen LogP contribution in [0.1, 0.15) is 26.3 Å². The van der Waals surface area contributed by atoms with Gasteiger partial charge in [0.15, 0.2) is 0 Å². The summed E-state index contributed by atoms with van der Waals surface area (Å²) >= 11 is 1.83. The Morgan fingerprint density at radius 2 is 1.94 bits per heavy atom. The molecule has 0 aliphatic heterocycles. The lowest BCUT2D eigenvalue weighted by molar-refractivity contribution is 0.324. The van der Waals surface area contributed by atoms with Crippen molar-refractivity contribution in [3.8, 4) is 0 Å². The number of nitrogens with zero attached hydrogens (tertiary/aromatic N) is 3. The number of hydrogen-bond acceptors (Lipinski definition) is 5. The minimum absolute atomic E-state index is 0.956. The van der Waals surface area contributed by atoms with Crippen molar-refractivity contribution in [1.29, 1.82) is 0 Å². The molecular formula is C13H24N4S. The Kier molecular flexibility index (Phi) is 7.05. The fourth-order valence-corrected chi connectivity index (χ4v) is 2.95. The summed E-state index contributed by atoms with van der Waals surface area (Å²) in [5.74, 6) is 2.03. The van der Waals surface area contributed by atoms with Gasteiger partial charge in [0, 0.05) is 24.9 Å². The maximum atomic E-state index is 4.40. The first-order valence-electron chi connectivity index (χ1n) is 6.63. The largest absolute Gasteiger partial charge is 0.373 e. The number of rotatable bonds is 8. The zero-order valence-electron chi connectivity index (χ0n) is 11.9. The van der Waals surface area contributed by atoms with Crippen LogP contribution in [0, 0.1) is 0 Å². The van der Waals surface area contributed by atoms with Gasteiger partial charge in [0.1, 0.15) is 17.2 Å². The maximum Gasteiger partial charge on any atom is 0.133 e. The van der Waals surface area contributed by atoms with Gasteiger partial charge in [-0.2, -0.15) is 0 Å². The number of nitrogens with one attached hydrogen (secondary N) is 1. The molecule has 0 atom stereocenters. The standard InChI is InChI=1S/C13H24N4S/c1-5-11-12(14-4)15-10-16-13(11)18-9-8-17(6-2)7-3/h10H,5-9H2,1-4H3,(H,14,15,16). The maximum absolute atomic E-state index is 4.40. The van der Waals surface area contributed by atoms with Crippen molar-refractivity contribution >= 4 is 17.6 Å². The predicted octanol–water partition coefficient (Wildman–Crippen LogP) is 2.51. The molecular weight excluding hydrogens is 244 g/mol. The number of anilines is 1. The summed E-state index contributed by atoms with van der Waals surface area (Å²) < 4.78 is 0. The molecule has 0 amide bonds. The monoisotopic (exact) mass is 268 g/mol. The Balaban J connectivity index is 2.61. The normalized spacial score (nSPS) is 10.9. The highest BCUT2D eigenvalue weighted by atomic mass is 32.2. The van der Waals surface area contributed by atoms with Crippen LogP contribution < -0.4 is 5.32 Å². The van der Waals surface area contributed by atoms with Crippen LogP contribution in [0.2, 0.25) is 0 Å². The van der Waals surface area contributed by atoms with E-state index in [1.165, 1.54) is 5.56 Å². The van der Waals surface area contributed by atoms with E-state index in [2.05, 4.69) is 41.0 Å². The van der Waals surface area contributed by atoms with Crippen LogP contribution in [0.15, 0.2) is 11.4 Å². The van der Waals surface area contributed by atoms with E-state index in [9.17, 15) is 0 Å². The van der Waals surface area contributed by atoms with Gasteiger partial charge in [-0.3, -0.25) is 0 Å². The van der Waals surface area contributed by atoms with Gasteiger partial charge in [-0.25, -0.2) is 9.97 Å². The van der Waals surface area contributed by atoms with Crippen molar-refractivity contribution in [2.75, 3.05) is 37.8 Å². The minimum Gasteiger partial charge on any atom is -0.373 e.